The predicted octanol–water partition coefficient (Wildman–Crippen LogP) is 2.14. The third-order valence-corrected chi connectivity index (χ3v) is 3.30. The zero-order valence-electron chi connectivity index (χ0n) is 14.9. The minimum Gasteiger partial charge on any atom is -0.497 e. The molecule has 28 heavy (non-hydrogen) atoms. The molecule has 0 unspecified atom stereocenters. The van der Waals surface area contributed by atoms with Crippen molar-refractivity contribution in [3.63, 3.8) is 0 Å². The van der Waals surface area contributed by atoms with Gasteiger partial charge >= 0.3 is 5.97 Å². The maximum Gasteiger partial charge on any atom is 0.347 e. The monoisotopic (exact) mass is 387 g/mol. The summed E-state index contributed by atoms with van der Waals surface area (Å²) in [6.45, 7) is -0.987. The van der Waals surface area contributed by atoms with Crippen LogP contribution < -0.4 is 10.1 Å². The maximum absolute atomic E-state index is 11.7. The van der Waals surface area contributed by atoms with Crippen LogP contribution in [0.4, 0.5) is 11.4 Å². The van der Waals surface area contributed by atoms with Crippen LogP contribution in [0.5, 0.6) is 5.75 Å². The smallest absolute Gasteiger partial charge is 0.347 e. The van der Waals surface area contributed by atoms with Crippen LogP contribution in [0.1, 0.15) is 5.56 Å². The average Bonchev–Trinajstić information content (AvgIpc) is 2.70. The number of oxime groups is 1. The van der Waals surface area contributed by atoms with E-state index in [4.69, 9.17) is 14.3 Å². The number of anilines is 1. The minimum absolute atomic E-state index is 0.100. The van der Waals surface area contributed by atoms with Gasteiger partial charge in [-0.3, -0.25) is 14.9 Å². The molecule has 146 valence electrons. The van der Waals surface area contributed by atoms with E-state index < -0.39 is 30.0 Å². The van der Waals surface area contributed by atoms with Crippen LogP contribution in [0.2, 0.25) is 0 Å². The van der Waals surface area contributed by atoms with Gasteiger partial charge in [-0.2, -0.15) is 0 Å². The summed E-state index contributed by atoms with van der Waals surface area (Å²) in [6, 6.07) is 12.2. The van der Waals surface area contributed by atoms with Crippen LogP contribution in [0.15, 0.2) is 53.7 Å². The molecule has 10 heteroatoms. The van der Waals surface area contributed by atoms with Gasteiger partial charge in [0.05, 0.1) is 18.2 Å². The van der Waals surface area contributed by atoms with Crippen molar-refractivity contribution in [2.75, 3.05) is 25.6 Å². The number of nitro benzene ring substituents is 1. The number of ether oxygens (including phenoxy) is 2. The van der Waals surface area contributed by atoms with Gasteiger partial charge in [-0.15, -0.1) is 0 Å². The van der Waals surface area contributed by atoms with E-state index in [1.807, 2.05) is 0 Å². The summed E-state index contributed by atoms with van der Waals surface area (Å²) < 4.78 is 9.77. The number of nitro groups is 1. The Morgan fingerprint density at radius 2 is 1.79 bits per heavy atom. The molecule has 0 radical (unpaired) electrons. The first-order valence-corrected chi connectivity index (χ1v) is 7.97. The fraction of sp³-hybridized carbons (Fsp3) is 0.167. The molecule has 0 aliphatic rings. The standard InChI is InChI=1S/C18H17N3O7/c1-26-16-8-2-13(3-9-16)10-19-28-12-18(23)27-11-17(22)20-14-4-6-15(7-5-14)21(24)25/h2-10H,11-12H2,1H3,(H,20,22)/b19-10-. The number of esters is 1. The Labute approximate surface area is 159 Å². The zero-order valence-corrected chi connectivity index (χ0v) is 14.9. The van der Waals surface area contributed by atoms with E-state index in [0.29, 0.717) is 11.4 Å². The first-order valence-electron chi connectivity index (χ1n) is 7.97. The molecule has 2 aromatic rings. The average molecular weight is 387 g/mol. The highest BCUT2D eigenvalue weighted by atomic mass is 16.7. The molecule has 0 aromatic heterocycles. The van der Waals surface area contributed by atoms with Gasteiger partial charge in [-0.1, -0.05) is 5.16 Å². The molecular formula is C18H17N3O7. The van der Waals surface area contributed by atoms with Crippen molar-refractivity contribution in [1.29, 1.82) is 0 Å². The topological polar surface area (TPSA) is 129 Å². The summed E-state index contributed by atoms with van der Waals surface area (Å²) in [4.78, 5) is 38.0. The van der Waals surface area contributed by atoms with Gasteiger partial charge in [0.2, 0.25) is 6.61 Å². The summed E-state index contributed by atoms with van der Waals surface area (Å²) in [7, 11) is 1.56. The van der Waals surface area contributed by atoms with Crippen molar-refractivity contribution < 1.29 is 28.8 Å². The second kappa shape index (κ2) is 10.3. The molecule has 0 saturated carbocycles. The van der Waals surface area contributed by atoms with E-state index in [9.17, 15) is 19.7 Å². The number of benzene rings is 2. The molecule has 0 bridgehead atoms. The molecule has 0 aliphatic heterocycles. The number of nitrogens with zero attached hydrogens (tertiary/aromatic N) is 2. The molecular weight excluding hydrogens is 370 g/mol. The maximum atomic E-state index is 11.7. The van der Waals surface area contributed by atoms with Crippen LogP contribution in [0.25, 0.3) is 0 Å². The summed E-state index contributed by atoms with van der Waals surface area (Å²) in [6.07, 6.45) is 1.41. The van der Waals surface area contributed by atoms with Crippen molar-refractivity contribution in [3.05, 3.63) is 64.2 Å². The van der Waals surface area contributed by atoms with Gasteiger partial charge in [-0.05, 0) is 42.0 Å². The quantitative estimate of drug-likeness (QED) is 0.302. The number of methoxy groups -OCH3 is 1. The first kappa shape index (κ1) is 20.4. The molecule has 2 rings (SSSR count). The van der Waals surface area contributed by atoms with Gasteiger partial charge in [0.25, 0.3) is 11.6 Å². The van der Waals surface area contributed by atoms with Crippen molar-refractivity contribution in [2.24, 2.45) is 5.16 Å². The largest absolute Gasteiger partial charge is 0.497 e. The molecule has 2 aromatic carbocycles. The molecule has 0 atom stereocenters. The normalized spacial score (nSPS) is 10.3. The van der Waals surface area contributed by atoms with Gasteiger partial charge < -0.3 is 19.6 Å². The van der Waals surface area contributed by atoms with Crippen LogP contribution >= 0.6 is 0 Å². The fourth-order valence-electron chi connectivity index (χ4n) is 1.93. The lowest BCUT2D eigenvalue weighted by Crippen LogP contribution is -2.22. The number of hydrogen-bond acceptors (Lipinski definition) is 8. The van der Waals surface area contributed by atoms with Crippen LogP contribution in [0.3, 0.4) is 0 Å². The van der Waals surface area contributed by atoms with Gasteiger partial charge in [0, 0.05) is 17.8 Å². The highest BCUT2D eigenvalue weighted by molar-refractivity contribution is 5.92. The lowest BCUT2D eigenvalue weighted by Gasteiger charge is -2.06. The second-order valence-corrected chi connectivity index (χ2v) is 5.29. The SMILES string of the molecule is COc1ccc(/C=N\OCC(=O)OCC(=O)Nc2ccc([N+](=O)[O-])cc2)cc1. The number of nitrogens with one attached hydrogen (secondary N) is 1. The minimum atomic E-state index is -0.772. The van der Waals surface area contributed by atoms with E-state index in [-0.39, 0.29) is 5.69 Å². The Morgan fingerprint density at radius 1 is 1.11 bits per heavy atom. The molecule has 0 saturated heterocycles. The molecule has 0 fully saturated rings. The highest BCUT2D eigenvalue weighted by Gasteiger charge is 2.10. The summed E-state index contributed by atoms with van der Waals surface area (Å²) >= 11 is 0. The lowest BCUT2D eigenvalue weighted by molar-refractivity contribution is -0.384. The van der Waals surface area contributed by atoms with Crippen LogP contribution in [-0.4, -0.2) is 43.3 Å². The fourth-order valence-corrected chi connectivity index (χ4v) is 1.93. The first-order chi connectivity index (χ1) is 13.5. The third kappa shape index (κ3) is 6.75. The third-order valence-electron chi connectivity index (χ3n) is 3.30. The lowest BCUT2D eigenvalue weighted by atomic mass is 10.2. The van der Waals surface area contributed by atoms with E-state index in [1.54, 1.807) is 31.4 Å². The number of carbonyl (C=O) groups excluding carboxylic acids is 2. The number of non-ortho nitro benzene ring substituents is 1. The van der Waals surface area contributed by atoms with E-state index in [2.05, 4.69) is 10.5 Å². The van der Waals surface area contributed by atoms with Crippen molar-refractivity contribution >= 4 is 29.5 Å². The van der Waals surface area contributed by atoms with Crippen molar-refractivity contribution in [1.82, 2.24) is 0 Å². The summed E-state index contributed by atoms with van der Waals surface area (Å²) in [5, 5.41) is 16.6. The van der Waals surface area contributed by atoms with Crippen molar-refractivity contribution in [3.8, 4) is 5.75 Å². The van der Waals surface area contributed by atoms with Gasteiger partial charge in [0.1, 0.15) is 5.75 Å². The Balaban J connectivity index is 1.67. The number of amides is 1. The Hall–Kier alpha value is -3.95. The van der Waals surface area contributed by atoms with E-state index >= 15 is 0 Å². The Bertz CT molecular complexity index is 848. The van der Waals surface area contributed by atoms with Crippen LogP contribution in [0, 0.1) is 10.1 Å². The van der Waals surface area contributed by atoms with Gasteiger partial charge in [-0.25, -0.2) is 4.79 Å². The number of rotatable bonds is 9. The second-order valence-electron chi connectivity index (χ2n) is 5.29. The molecule has 0 spiro atoms. The van der Waals surface area contributed by atoms with Gasteiger partial charge in [0.15, 0.2) is 6.61 Å². The number of hydrogen-bond donors (Lipinski definition) is 1. The summed E-state index contributed by atoms with van der Waals surface area (Å²) in [5.74, 6) is -0.664. The molecule has 10 nitrogen and oxygen atoms in total. The van der Waals surface area contributed by atoms with E-state index in [0.717, 1.165) is 5.56 Å². The molecule has 1 amide bonds. The van der Waals surface area contributed by atoms with E-state index in [1.165, 1.54) is 30.5 Å². The Kier molecular flexibility index (Phi) is 7.46. The molecule has 0 heterocycles. The Morgan fingerprint density at radius 3 is 2.39 bits per heavy atom. The zero-order chi connectivity index (χ0) is 20.4. The molecule has 0 aliphatic carbocycles. The molecule has 1 N–H and O–H groups in total. The predicted molar refractivity (Wildman–Crippen MR) is 99.2 cm³/mol. The van der Waals surface area contributed by atoms with Crippen molar-refractivity contribution in [2.45, 2.75) is 0 Å². The summed E-state index contributed by atoms with van der Waals surface area (Å²) in [5.41, 5.74) is 0.986. The number of carbonyl (C=O) groups is 2. The van der Waals surface area contributed by atoms with Crippen LogP contribution in [-0.2, 0) is 19.2 Å². The highest BCUT2D eigenvalue weighted by Crippen LogP contribution is 2.15.